The maximum absolute atomic E-state index is 12.2. The minimum atomic E-state index is 0.0486. The molecule has 3 nitrogen and oxygen atoms in total. The number of carbonyl (C=O) groups is 1. The van der Waals surface area contributed by atoms with Gasteiger partial charge in [0.25, 0.3) is 0 Å². The zero-order chi connectivity index (χ0) is 12.5. The Bertz CT molecular complexity index is 429. The summed E-state index contributed by atoms with van der Waals surface area (Å²) in [5.74, 6) is 1.31. The van der Waals surface area contributed by atoms with Crippen LogP contribution in [-0.2, 0) is 11.3 Å². The Kier molecular flexibility index (Phi) is 3.08. The van der Waals surface area contributed by atoms with Gasteiger partial charge in [-0.1, -0.05) is 30.3 Å². The normalized spacial score (nSPS) is 33.6. The standard InChI is InChI=1S/C15H20N2O/c16-14-12-7-6-11(8-12)13(14)15(18)17-9-10-4-2-1-3-5-10/h1-5,11-14H,6-9,16H2,(H,17,18). The smallest absolute Gasteiger partial charge is 0.225 e. The number of hydrogen-bond acceptors (Lipinski definition) is 2. The molecule has 0 spiro atoms. The van der Waals surface area contributed by atoms with E-state index in [-0.39, 0.29) is 17.9 Å². The molecule has 3 N–H and O–H groups in total. The quantitative estimate of drug-likeness (QED) is 0.850. The van der Waals surface area contributed by atoms with Gasteiger partial charge >= 0.3 is 0 Å². The number of amides is 1. The summed E-state index contributed by atoms with van der Waals surface area (Å²) < 4.78 is 0. The molecule has 2 fully saturated rings. The van der Waals surface area contributed by atoms with E-state index in [0.29, 0.717) is 18.4 Å². The van der Waals surface area contributed by atoms with Crippen molar-refractivity contribution in [3.8, 4) is 0 Å². The van der Waals surface area contributed by atoms with E-state index in [0.717, 1.165) is 12.0 Å². The Hall–Kier alpha value is -1.35. The maximum atomic E-state index is 12.2. The Morgan fingerprint density at radius 1 is 1.22 bits per heavy atom. The molecule has 1 aromatic rings. The van der Waals surface area contributed by atoms with Gasteiger partial charge in [-0.15, -0.1) is 0 Å². The number of rotatable bonds is 3. The lowest BCUT2D eigenvalue weighted by Gasteiger charge is -2.27. The monoisotopic (exact) mass is 244 g/mol. The van der Waals surface area contributed by atoms with E-state index < -0.39 is 0 Å². The minimum Gasteiger partial charge on any atom is -0.352 e. The highest BCUT2D eigenvalue weighted by Gasteiger charge is 2.48. The van der Waals surface area contributed by atoms with E-state index in [2.05, 4.69) is 5.32 Å². The highest BCUT2D eigenvalue weighted by Crippen LogP contribution is 2.47. The van der Waals surface area contributed by atoms with Crippen molar-refractivity contribution in [3.05, 3.63) is 35.9 Å². The fourth-order valence-electron chi connectivity index (χ4n) is 3.63. The van der Waals surface area contributed by atoms with Crippen LogP contribution in [0, 0.1) is 17.8 Å². The average Bonchev–Trinajstić information content (AvgIpc) is 2.98. The van der Waals surface area contributed by atoms with Gasteiger partial charge in [0.1, 0.15) is 0 Å². The van der Waals surface area contributed by atoms with Gasteiger partial charge in [-0.05, 0) is 36.7 Å². The van der Waals surface area contributed by atoms with Crippen LogP contribution in [0.5, 0.6) is 0 Å². The van der Waals surface area contributed by atoms with Gasteiger partial charge in [0, 0.05) is 12.6 Å². The molecule has 2 aliphatic carbocycles. The lowest BCUT2D eigenvalue weighted by molar-refractivity contribution is -0.127. The van der Waals surface area contributed by atoms with Crippen LogP contribution in [0.2, 0.25) is 0 Å². The van der Waals surface area contributed by atoms with Crippen LogP contribution in [0.15, 0.2) is 30.3 Å². The van der Waals surface area contributed by atoms with Crippen molar-refractivity contribution in [2.45, 2.75) is 31.8 Å². The van der Waals surface area contributed by atoms with Crippen molar-refractivity contribution >= 4 is 5.91 Å². The lowest BCUT2D eigenvalue weighted by atomic mass is 9.84. The average molecular weight is 244 g/mol. The first kappa shape index (κ1) is 11.7. The maximum Gasteiger partial charge on any atom is 0.225 e. The molecule has 4 atom stereocenters. The first-order chi connectivity index (χ1) is 8.75. The molecule has 4 unspecified atom stereocenters. The zero-order valence-corrected chi connectivity index (χ0v) is 10.5. The van der Waals surface area contributed by atoms with E-state index >= 15 is 0 Å². The molecule has 0 heterocycles. The summed E-state index contributed by atoms with van der Waals surface area (Å²) in [6.07, 6.45) is 3.56. The Morgan fingerprint density at radius 3 is 2.61 bits per heavy atom. The minimum absolute atomic E-state index is 0.0486. The SMILES string of the molecule is NC1C2CCC(C2)C1C(=O)NCc1ccccc1. The lowest BCUT2D eigenvalue weighted by Crippen LogP contribution is -2.45. The van der Waals surface area contributed by atoms with Crippen molar-refractivity contribution < 1.29 is 4.79 Å². The number of nitrogens with one attached hydrogen (secondary N) is 1. The summed E-state index contributed by atoms with van der Waals surface area (Å²) in [4.78, 5) is 12.2. The van der Waals surface area contributed by atoms with Crippen LogP contribution in [0.25, 0.3) is 0 Å². The molecule has 96 valence electrons. The third kappa shape index (κ3) is 2.03. The van der Waals surface area contributed by atoms with Crippen molar-refractivity contribution in [1.29, 1.82) is 0 Å². The highest BCUT2D eigenvalue weighted by molar-refractivity contribution is 5.80. The number of benzene rings is 1. The van der Waals surface area contributed by atoms with Gasteiger partial charge in [-0.25, -0.2) is 0 Å². The van der Waals surface area contributed by atoms with E-state index in [4.69, 9.17) is 5.73 Å². The second-order valence-corrected chi connectivity index (χ2v) is 5.64. The van der Waals surface area contributed by atoms with Gasteiger partial charge in [-0.2, -0.15) is 0 Å². The molecule has 3 rings (SSSR count). The number of fused-ring (bicyclic) bond motifs is 2. The van der Waals surface area contributed by atoms with Crippen LogP contribution < -0.4 is 11.1 Å². The molecule has 0 aliphatic heterocycles. The summed E-state index contributed by atoms with van der Waals surface area (Å²) >= 11 is 0. The topological polar surface area (TPSA) is 55.1 Å². The molecule has 1 aromatic carbocycles. The van der Waals surface area contributed by atoms with Gasteiger partial charge < -0.3 is 11.1 Å². The molecule has 0 aromatic heterocycles. The molecule has 0 radical (unpaired) electrons. The van der Waals surface area contributed by atoms with Gasteiger partial charge in [0.05, 0.1) is 5.92 Å². The summed E-state index contributed by atoms with van der Waals surface area (Å²) in [5.41, 5.74) is 7.31. The summed E-state index contributed by atoms with van der Waals surface area (Å²) in [5, 5.41) is 3.04. The van der Waals surface area contributed by atoms with E-state index in [1.807, 2.05) is 30.3 Å². The predicted octanol–water partition coefficient (Wildman–Crippen LogP) is 1.68. The van der Waals surface area contributed by atoms with Gasteiger partial charge in [-0.3, -0.25) is 4.79 Å². The van der Waals surface area contributed by atoms with Crippen molar-refractivity contribution in [2.75, 3.05) is 0 Å². The van der Waals surface area contributed by atoms with Crippen LogP contribution in [0.4, 0.5) is 0 Å². The molecular formula is C15H20N2O. The third-order valence-electron chi connectivity index (χ3n) is 4.59. The van der Waals surface area contributed by atoms with Gasteiger partial charge in [0.15, 0.2) is 0 Å². The fourth-order valence-corrected chi connectivity index (χ4v) is 3.63. The van der Waals surface area contributed by atoms with E-state index in [1.54, 1.807) is 0 Å². The second-order valence-electron chi connectivity index (χ2n) is 5.64. The van der Waals surface area contributed by atoms with E-state index in [1.165, 1.54) is 12.8 Å². The summed E-state index contributed by atoms with van der Waals surface area (Å²) in [6.45, 7) is 0.611. The summed E-state index contributed by atoms with van der Waals surface area (Å²) in [7, 11) is 0. The van der Waals surface area contributed by atoms with E-state index in [9.17, 15) is 4.79 Å². The predicted molar refractivity (Wildman–Crippen MR) is 70.6 cm³/mol. The Morgan fingerprint density at radius 2 is 1.94 bits per heavy atom. The van der Waals surface area contributed by atoms with Gasteiger partial charge in [0.2, 0.25) is 5.91 Å². The second kappa shape index (κ2) is 4.73. The highest BCUT2D eigenvalue weighted by atomic mass is 16.1. The van der Waals surface area contributed by atoms with Crippen molar-refractivity contribution in [1.82, 2.24) is 5.32 Å². The first-order valence-corrected chi connectivity index (χ1v) is 6.83. The van der Waals surface area contributed by atoms with Crippen LogP contribution in [0.1, 0.15) is 24.8 Å². The summed E-state index contributed by atoms with van der Waals surface area (Å²) in [6, 6.07) is 10.1. The molecule has 2 aliphatic rings. The molecule has 2 bridgehead atoms. The molecule has 3 heteroatoms. The fraction of sp³-hybridized carbons (Fsp3) is 0.533. The molecule has 1 amide bonds. The molecule has 0 saturated heterocycles. The third-order valence-corrected chi connectivity index (χ3v) is 4.59. The van der Waals surface area contributed by atoms with Crippen molar-refractivity contribution in [3.63, 3.8) is 0 Å². The largest absolute Gasteiger partial charge is 0.352 e. The van der Waals surface area contributed by atoms with Crippen LogP contribution in [-0.4, -0.2) is 11.9 Å². The molecule has 2 saturated carbocycles. The molecular weight excluding hydrogens is 224 g/mol. The van der Waals surface area contributed by atoms with Crippen LogP contribution in [0.3, 0.4) is 0 Å². The first-order valence-electron chi connectivity index (χ1n) is 6.83. The molecule has 18 heavy (non-hydrogen) atoms. The number of hydrogen-bond donors (Lipinski definition) is 2. The number of nitrogens with two attached hydrogens (primary N) is 1. The number of carbonyl (C=O) groups excluding carboxylic acids is 1. The zero-order valence-electron chi connectivity index (χ0n) is 10.5. The Balaban J connectivity index is 1.59. The van der Waals surface area contributed by atoms with Crippen molar-refractivity contribution in [2.24, 2.45) is 23.5 Å². The Labute approximate surface area is 108 Å². The van der Waals surface area contributed by atoms with Crippen LogP contribution >= 0.6 is 0 Å².